The molecule has 17 heavy (non-hydrogen) atoms. The highest BCUT2D eigenvalue weighted by molar-refractivity contribution is 5.64. The molecule has 4 heteroatoms. The molecule has 0 aliphatic carbocycles. The average molecular weight is 233 g/mol. The van der Waals surface area contributed by atoms with Crippen LogP contribution in [0.25, 0.3) is 11.1 Å². The summed E-state index contributed by atoms with van der Waals surface area (Å²) in [7, 11) is 1.49. The summed E-state index contributed by atoms with van der Waals surface area (Å²) in [4.78, 5) is 4.05. The summed E-state index contributed by atoms with van der Waals surface area (Å²) in [6.07, 6.45) is 1.60. The largest absolute Gasteiger partial charge is 0.497 e. The quantitative estimate of drug-likeness (QED) is 0.885. The molecule has 88 valence electrons. The lowest BCUT2D eigenvalue weighted by molar-refractivity contribution is 0.277. The van der Waals surface area contributed by atoms with E-state index in [0.717, 1.165) is 5.56 Å². The van der Waals surface area contributed by atoms with Crippen molar-refractivity contribution in [1.82, 2.24) is 4.98 Å². The van der Waals surface area contributed by atoms with Crippen molar-refractivity contribution in [3.05, 3.63) is 48.0 Å². The molecule has 2 aromatic rings. The van der Waals surface area contributed by atoms with E-state index in [9.17, 15) is 4.39 Å². The zero-order valence-electron chi connectivity index (χ0n) is 9.35. The highest BCUT2D eigenvalue weighted by Gasteiger charge is 2.04. The molecule has 1 aromatic heterocycles. The highest BCUT2D eigenvalue weighted by atomic mass is 19.1. The Balaban J connectivity index is 2.41. The van der Waals surface area contributed by atoms with Crippen molar-refractivity contribution in [2.45, 2.75) is 6.61 Å². The third-order valence-corrected chi connectivity index (χ3v) is 2.43. The van der Waals surface area contributed by atoms with Crippen LogP contribution in [0.15, 0.2) is 36.5 Å². The van der Waals surface area contributed by atoms with E-state index < -0.39 is 0 Å². The van der Waals surface area contributed by atoms with Crippen molar-refractivity contribution >= 4 is 0 Å². The van der Waals surface area contributed by atoms with Crippen molar-refractivity contribution in [3.63, 3.8) is 0 Å². The zero-order valence-corrected chi connectivity index (χ0v) is 9.35. The molecule has 0 atom stereocenters. The number of ether oxygens (including phenoxy) is 1. The van der Waals surface area contributed by atoms with Gasteiger partial charge in [-0.15, -0.1) is 0 Å². The molecule has 0 unspecified atom stereocenters. The minimum Gasteiger partial charge on any atom is -0.497 e. The number of aliphatic hydroxyl groups excluding tert-OH is 1. The normalized spacial score (nSPS) is 10.3. The molecule has 0 saturated heterocycles. The summed E-state index contributed by atoms with van der Waals surface area (Å²) in [6.45, 7) is -0.104. The van der Waals surface area contributed by atoms with Gasteiger partial charge in [0.15, 0.2) is 0 Å². The average Bonchev–Trinajstić information content (AvgIpc) is 2.38. The van der Waals surface area contributed by atoms with Crippen LogP contribution in [0.3, 0.4) is 0 Å². The first-order chi connectivity index (χ1) is 8.22. The van der Waals surface area contributed by atoms with Gasteiger partial charge in [-0.25, -0.2) is 4.39 Å². The molecule has 0 fully saturated rings. The van der Waals surface area contributed by atoms with Crippen LogP contribution >= 0.6 is 0 Å². The lowest BCUT2D eigenvalue weighted by Gasteiger charge is -2.05. The molecule has 3 nitrogen and oxygen atoms in total. The van der Waals surface area contributed by atoms with E-state index in [-0.39, 0.29) is 12.4 Å². The first kappa shape index (κ1) is 11.5. The standard InChI is InChI=1S/C13H12FNO2/c1-17-13-5-10(4-11(14)6-13)9-2-3-12(8-16)15-7-9/h2-7,16H,8H2,1H3. The van der Waals surface area contributed by atoms with E-state index in [1.807, 2.05) is 0 Å². The van der Waals surface area contributed by atoms with Gasteiger partial charge >= 0.3 is 0 Å². The predicted molar refractivity (Wildman–Crippen MR) is 62.1 cm³/mol. The van der Waals surface area contributed by atoms with E-state index in [2.05, 4.69) is 4.98 Å². The SMILES string of the molecule is COc1cc(F)cc(-c2ccc(CO)nc2)c1. The monoisotopic (exact) mass is 233 g/mol. The number of methoxy groups -OCH3 is 1. The summed E-state index contributed by atoms with van der Waals surface area (Å²) in [5.41, 5.74) is 2.05. The maximum absolute atomic E-state index is 13.3. The Morgan fingerprint density at radius 3 is 2.65 bits per heavy atom. The van der Waals surface area contributed by atoms with E-state index in [0.29, 0.717) is 17.0 Å². The molecule has 0 aliphatic rings. The number of hydrogen-bond donors (Lipinski definition) is 1. The molecule has 0 bridgehead atoms. The van der Waals surface area contributed by atoms with Crippen LogP contribution in [-0.2, 0) is 6.61 Å². The Morgan fingerprint density at radius 2 is 2.06 bits per heavy atom. The number of rotatable bonds is 3. The number of pyridine rings is 1. The van der Waals surface area contributed by atoms with Crippen LogP contribution in [0, 0.1) is 5.82 Å². The van der Waals surface area contributed by atoms with E-state index in [1.165, 1.54) is 19.2 Å². The van der Waals surface area contributed by atoms with Gasteiger partial charge in [0.05, 0.1) is 19.4 Å². The molecule has 1 aromatic carbocycles. The van der Waals surface area contributed by atoms with Gasteiger partial charge in [0.1, 0.15) is 11.6 Å². The van der Waals surface area contributed by atoms with Crippen molar-refractivity contribution in [2.24, 2.45) is 0 Å². The fourth-order valence-electron chi connectivity index (χ4n) is 1.54. The molecule has 0 aliphatic heterocycles. The highest BCUT2D eigenvalue weighted by Crippen LogP contribution is 2.25. The van der Waals surface area contributed by atoms with Gasteiger partial charge in [-0.3, -0.25) is 4.98 Å². The first-order valence-corrected chi connectivity index (χ1v) is 5.13. The van der Waals surface area contributed by atoms with Gasteiger partial charge in [-0.2, -0.15) is 0 Å². The fourth-order valence-corrected chi connectivity index (χ4v) is 1.54. The number of benzene rings is 1. The molecule has 1 N–H and O–H groups in total. The summed E-state index contributed by atoms with van der Waals surface area (Å²) in [5.74, 6) is 0.108. The maximum Gasteiger partial charge on any atom is 0.127 e. The van der Waals surface area contributed by atoms with Gasteiger partial charge < -0.3 is 9.84 Å². The smallest absolute Gasteiger partial charge is 0.127 e. The van der Waals surface area contributed by atoms with Crippen LogP contribution in [0.2, 0.25) is 0 Å². The van der Waals surface area contributed by atoms with Crippen LogP contribution in [0.1, 0.15) is 5.69 Å². The molecular formula is C13H12FNO2. The molecule has 0 radical (unpaired) electrons. The molecule has 0 amide bonds. The Hall–Kier alpha value is -1.94. The van der Waals surface area contributed by atoms with E-state index in [4.69, 9.17) is 9.84 Å². The van der Waals surface area contributed by atoms with Crippen molar-refractivity contribution < 1.29 is 14.2 Å². The molecule has 1 heterocycles. The van der Waals surface area contributed by atoms with Crippen molar-refractivity contribution in [3.8, 4) is 16.9 Å². The zero-order chi connectivity index (χ0) is 12.3. The Bertz CT molecular complexity index is 511. The third-order valence-electron chi connectivity index (χ3n) is 2.43. The van der Waals surface area contributed by atoms with Crippen LogP contribution in [0.4, 0.5) is 4.39 Å². The first-order valence-electron chi connectivity index (χ1n) is 5.13. The number of aromatic nitrogens is 1. The van der Waals surface area contributed by atoms with Gasteiger partial charge in [0.2, 0.25) is 0 Å². The maximum atomic E-state index is 13.3. The second-order valence-corrected chi connectivity index (χ2v) is 3.58. The summed E-state index contributed by atoms with van der Waals surface area (Å²) in [5, 5.41) is 8.88. The summed E-state index contributed by atoms with van der Waals surface area (Å²) in [6, 6.07) is 7.95. The number of hydrogen-bond acceptors (Lipinski definition) is 3. The van der Waals surface area contributed by atoms with Gasteiger partial charge in [-0.1, -0.05) is 6.07 Å². The number of halogens is 1. The fraction of sp³-hybridized carbons (Fsp3) is 0.154. The van der Waals surface area contributed by atoms with Crippen molar-refractivity contribution in [2.75, 3.05) is 7.11 Å². The van der Waals surface area contributed by atoms with Gasteiger partial charge in [0.25, 0.3) is 0 Å². The minimum absolute atomic E-state index is 0.104. The Labute approximate surface area is 98.5 Å². The second-order valence-electron chi connectivity index (χ2n) is 3.58. The lowest BCUT2D eigenvalue weighted by atomic mass is 10.1. The second kappa shape index (κ2) is 4.93. The van der Waals surface area contributed by atoms with Crippen molar-refractivity contribution in [1.29, 1.82) is 0 Å². The number of aliphatic hydroxyl groups is 1. The lowest BCUT2D eigenvalue weighted by Crippen LogP contribution is -1.90. The minimum atomic E-state index is -0.356. The Morgan fingerprint density at radius 1 is 1.24 bits per heavy atom. The summed E-state index contributed by atoms with van der Waals surface area (Å²) < 4.78 is 18.3. The van der Waals surface area contributed by atoms with E-state index >= 15 is 0 Å². The molecule has 0 saturated carbocycles. The van der Waals surface area contributed by atoms with Crippen LogP contribution < -0.4 is 4.74 Å². The Kier molecular flexibility index (Phi) is 3.35. The van der Waals surface area contributed by atoms with Gasteiger partial charge in [0, 0.05) is 17.8 Å². The summed E-state index contributed by atoms with van der Waals surface area (Å²) >= 11 is 0. The predicted octanol–water partition coefficient (Wildman–Crippen LogP) is 2.39. The third kappa shape index (κ3) is 2.60. The molecule has 0 spiro atoms. The molecular weight excluding hydrogens is 221 g/mol. The number of nitrogens with zero attached hydrogens (tertiary/aromatic N) is 1. The molecule has 2 rings (SSSR count). The van der Waals surface area contributed by atoms with E-state index in [1.54, 1.807) is 24.4 Å². The topological polar surface area (TPSA) is 42.4 Å². The van der Waals surface area contributed by atoms with Crippen LogP contribution in [-0.4, -0.2) is 17.2 Å². The van der Waals surface area contributed by atoms with Gasteiger partial charge in [-0.05, 0) is 23.8 Å². The van der Waals surface area contributed by atoms with Crippen LogP contribution in [0.5, 0.6) is 5.75 Å².